The van der Waals surface area contributed by atoms with Gasteiger partial charge in [0.15, 0.2) is 0 Å². The van der Waals surface area contributed by atoms with Crippen molar-refractivity contribution in [3.8, 4) is 0 Å². The van der Waals surface area contributed by atoms with E-state index >= 15 is 0 Å². The molecule has 0 heterocycles. The molecule has 0 aromatic heterocycles. The van der Waals surface area contributed by atoms with Gasteiger partial charge in [-0.25, -0.2) is 0 Å². The zero-order chi connectivity index (χ0) is 12.0. The highest BCUT2D eigenvalue weighted by atomic mass is 14.9. The SMILES string of the molecule is C=CCC(NCC)c1ccc(C(C)C)cc1. The molecule has 0 amide bonds. The molecule has 0 aliphatic heterocycles. The third-order valence-electron chi connectivity index (χ3n) is 2.86. The number of benzene rings is 1. The fourth-order valence-corrected chi connectivity index (χ4v) is 1.86. The first-order valence-electron chi connectivity index (χ1n) is 6.13. The summed E-state index contributed by atoms with van der Waals surface area (Å²) < 4.78 is 0. The van der Waals surface area contributed by atoms with Gasteiger partial charge in [-0.3, -0.25) is 0 Å². The zero-order valence-electron chi connectivity index (χ0n) is 10.7. The highest BCUT2D eigenvalue weighted by Gasteiger charge is 2.08. The molecule has 0 aliphatic rings. The van der Waals surface area contributed by atoms with Crippen LogP contribution in [0.2, 0.25) is 0 Å². The Morgan fingerprint density at radius 1 is 1.19 bits per heavy atom. The van der Waals surface area contributed by atoms with Crippen molar-refractivity contribution in [3.63, 3.8) is 0 Å². The summed E-state index contributed by atoms with van der Waals surface area (Å²) in [5.41, 5.74) is 2.75. The highest BCUT2D eigenvalue weighted by Crippen LogP contribution is 2.20. The van der Waals surface area contributed by atoms with Gasteiger partial charge in [-0.05, 0) is 30.0 Å². The van der Waals surface area contributed by atoms with Crippen LogP contribution in [0.3, 0.4) is 0 Å². The van der Waals surface area contributed by atoms with E-state index in [9.17, 15) is 0 Å². The van der Waals surface area contributed by atoms with Crippen LogP contribution < -0.4 is 5.32 Å². The minimum atomic E-state index is 0.406. The van der Waals surface area contributed by atoms with Crippen molar-refractivity contribution in [3.05, 3.63) is 48.0 Å². The summed E-state index contributed by atoms with van der Waals surface area (Å²) in [6, 6.07) is 9.32. The molecule has 1 rings (SSSR count). The van der Waals surface area contributed by atoms with E-state index in [1.807, 2.05) is 6.08 Å². The van der Waals surface area contributed by atoms with E-state index in [1.54, 1.807) is 0 Å². The van der Waals surface area contributed by atoms with Gasteiger partial charge in [0.2, 0.25) is 0 Å². The molecule has 0 saturated carbocycles. The molecule has 0 spiro atoms. The summed E-state index contributed by atoms with van der Waals surface area (Å²) >= 11 is 0. The Morgan fingerprint density at radius 2 is 1.75 bits per heavy atom. The Labute approximate surface area is 99.6 Å². The van der Waals surface area contributed by atoms with E-state index in [0.29, 0.717) is 12.0 Å². The van der Waals surface area contributed by atoms with Crippen molar-refractivity contribution < 1.29 is 0 Å². The van der Waals surface area contributed by atoms with Gasteiger partial charge in [-0.2, -0.15) is 0 Å². The quantitative estimate of drug-likeness (QED) is 0.709. The van der Waals surface area contributed by atoms with Gasteiger partial charge in [-0.15, -0.1) is 6.58 Å². The monoisotopic (exact) mass is 217 g/mol. The summed E-state index contributed by atoms with van der Waals surface area (Å²) in [6.07, 6.45) is 2.96. The van der Waals surface area contributed by atoms with Crippen LogP contribution in [0.4, 0.5) is 0 Å². The van der Waals surface area contributed by atoms with Crippen LogP contribution in [0.15, 0.2) is 36.9 Å². The molecule has 1 unspecified atom stereocenters. The molecule has 1 aromatic rings. The van der Waals surface area contributed by atoms with E-state index in [2.05, 4.69) is 56.9 Å². The molecule has 0 aliphatic carbocycles. The number of rotatable bonds is 6. The summed E-state index contributed by atoms with van der Waals surface area (Å²) in [5, 5.41) is 3.48. The zero-order valence-corrected chi connectivity index (χ0v) is 10.7. The number of hydrogen-bond donors (Lipinski definition) is 1. The van der Waals surface area contributed by atoms with Crippen LogP contribution in [0.5, 0.6) is 0 Å². The molecule has 1 nitrogen and oxygen atoms in total. The molecule has 0 fully saturated rings. The van der Waals surface area contributed by atoms with Crippen LogP contribution in [-0.4, -0.2) is 6.54 Å². The number of hydrogen-bond acceptors (Lipinski definition) is 1. The lowest BCUT2D eigenvalue weighted by Crippen LogP contribution is -2.20. The summed E-state index contributed by atoms with van der Waals surface area (Å²) in [6.45, 7) is 11.4. The maximum Gasteiger partial charge on any atom is 0.0354 e. The van der Waals surface area contributed by atoms with Crippen LogP contribution in [0, 0.1) is 0 Å². The maximum absolute atomic E-state index is 3.81. The van der Waals surface area contributed by atoms with Gasteiger partial charge in [-0.1, -0.05) is 51.1 Å². The third-order valence-corrected chi connectivity index (χ3v) is 2.86. The summed E-state index contributed by atoms with van der Waals surface area (Å²) in [4.78, 5) is 0. The molecule has 1 N–H and O–H groups in total. The first-order chi connectivity index (χ1) is 7.69. The lowest BCUT2D eigenvalue weighted by Gasteiger charge is -2.17. The highest BCUT2D eigenvalue weighted by molar-refractivity contribution is 5.27. The Bertz CT molecular complexity index is 311. The molecular weight excluding hydrogens is 194 g/mol. The van der Waals surface area contributed by atoms with Crippen molar-refractivity contribution in [2.24, 2.45) is 0 Å². The van der Waals surface area contributed by atoms with Gasteiger partial charge in [0.25, 0.3) is 0 Å². The number of nitrogens with one attached hydrogen (secondary N) is 1. The van der Waals surface area contributed by atoms with Crippen LogP contribution in [-0.2, 0) is 0 Å². The average molecular weight is 217 g/mol. The van der Waals surface area contributed by atoms with Crippen molar-refractivity contribution in [2.45, 2.75) is 39.2 Å². The summed E-state index contributed by atoms with van der Waals surface area (Å²) in [5.74, 6) is 0.603. The fourth-order valence-electron chi connectivity index (χ4n) is 1.86. The molecule has 16 heavy (non-hydrogen) atoms. The van der Waals surface area contributed by atoms with Gasteiger partial charge in [0, 0.05) is 6.04 Å². The topological polar surface area (TPSA) is 12.0 Å². The van der Waals surface area contributed by atoms with Crippen molar-refractivity contribution in [2.75, 3.05) is 6.54 Å². The smallest absolute Gasteiger partial charge is 0.0354 e. The van der Waals surface area contributed by atoms with Crippen molar-refractivity contribution in [1.82, 2.24) is 5.32 Å². The largest absolute Gasteiger partial charge is 0.310 e. The molecular formula is C15H23N. The average Bonchev–Trinajstić information content (AvgIpc) is 2.29. The Balaban J connectivity index is 2.80. The fraction of sp³-hybridized carbons (Fsp3) is 0.467. The van der Waals surface area contributed by atoms with Crippen molar-refractivity contribution in [1.29, 1.82) is 0 Å². The molecule has 1 aromatic carbocycles. The Morgan fingerprint density at radius 3 is 2.19 bits per heavy atom. The van der Waals surface area contributed by atoms with E-state index < -0.39 is 0 Å². The minimum absolute atomic E-state index is 0.406. The molecule has 1 heteroatoms. The second-order valence-corrected chi connectivity index (χ2v) is 4.46. The molecule has 0 radical (unpaired) electrons. The standard InChI is InChI=1S/C15H23N/c1-5-7-15(16-6-2)14-10-8-13(9-11-14)12(3)4/h5,8-12,15-16H,1,6-7H2,2-4H3. The Kier molecular flexibility index (Phi) is 5.27. The van der Waals surface area contributed by atoms with Gasteiger partial charge in [0.05, 0.1) is 0 Å². The first-order valence-corrected chi connectivity index (χ1v) is 6.13. The third kappa shape index (κ3) is 3.49. The molecule has 0 saturated heterocycles. The van der Waals surface area contributed by atoms with Crippen LogP contribution >= 0.6 is 0 Å². The summed E-state index contributed by atoms with van der Waals surface area (Å²) in [7, 11) is 0. The van der Waals surface area contributed by atoms with E-state index in [4.69, 9.17) is 0 Å². The van der Waals surface area contributed by atoms with E-state index in [-0.39, 0.29) is 0 Å². The maximum atomic E-state index is 3.81. The molecule has 88 valence electrons. The molecule has 0 bridgehead atoms. The second kappa shape index (κ2) is 6.49. The van der Waals surface area contributed by atoms with Gasteiger partial charge < -0.3 is 5.32 Å². The first kappa shape index (κ1) is 13.0. The van der Waals surface area contributed by atoms with Crippen LogP contribution in [0.25, 0.3) is 0 Å². The van der Waals surface area contributed by atoms with Crippen molar-refractivity contribution >= 4 is 0 Å². The molecule has 1 atom stereocenters. The van der Waals surface area contributed by atoms with E-state index in [0.717, 1.165) is 13.0 Å². The normalized spacial score (nSPS) is 12.8. The lowest BCUT2D eigenvalue weighted by atomic mass is 9.98. The van der Waals surface area contributed by atoms with Crippen LogP contribution in [0.1, 0.15) is 50.3 Å². The second-order valence-electron chi connectivity index (χ2n) is 4.46. The predicted octanol–water partition coefficient (Wildman–Crippen LogP) is 4.04. The van der Waals surface area contributed by atoms with Gasteiger partial charge >= 0.3 is 0 Å². The lowest BCUT2D eigenvalue weighted by molar-refractivity contribution is 0.559. The Hall–Kier alpha value is -1.08. The predicted molar refractivity (Wildman–Crippen MR) is 71.8 cm³/mol. The minimum Gasteiger partial charge on any atom is -0.310 e. The van der Waals surface area contributed by atoms with E-state index in [1.165, 1.54) is 11.1 Å². The van der Waals surface area contributed by atoms with Gasteiger partial charge in [0.1, 0.15) is 0 Å².